The second-order valence-corrected chi connectivity index (χ2v) is 5.52. The smallest absolute Gasteiger partial charge is 0.412 e. The first-order chi connectivity index (χ1) is 10.6. The Morgan fingerprint density at radius 1 is 1.00 bits per heavy atom. The van der Waals surface area contributed by atoms with E-state index in [4.69, 9.17) is 4.74 Å². The highest BCUT2D eigenvalue weighted by Crippen LogP contribution is 2.29. The number of hydrogen-bond donors (Lipinski definition) is 2. The van der Waals surface area contributed by atoms with Gasteiger partial charge in [-0.2, -0.15) is 0 Å². The first kappa shape index (κ1) is 18.3. The van der Waals surface area contributed by atoms with Crippen molar-refractivity contribution in [1.29, 1.82) is 0 Å². The van der Waals surface area contributed by atoms with Gasteiger partial charge < -0.3 is 19.3 Å². The number of phenols is 1. The van der Waals surface area contributed by atoms with E-state index in [0.29, 0.717) is 0 Å². The first-order valence-electron chi connectivity index (χ1n) is 6.62. The van der Waals surface area contributed by atoms with E-state index in [2.05, 4.69) is 14.8 Å². The van der Waals surface area contributed by atoms with Gasteiger partial charge in [-0.3, -0.25) is 5.32 Å². The second kappa shape index (κ2) is 6.99. The van der Waals surface area contributed by atoms with Gasteiger partial charge in [-0.1, -0.05) is 0 Å². The summed E-state index contributed by atoms with van der Waals surface area (Å²) in [6.45, 7) is 5.02. The molecule has 23 heavy (non-hydrogen) atoms. The Morgan fingerprint density at radius 2 is 1.48 bits per heavy atom. The Bertz CT molecular complexity index is 631. The number of phenolic OH excluding ortho intramolecular Hbond substituents is 1. The standard InChI is InChI=1S/C15H19NO7/c1-15(2,3)23-14(20)16-10-6-8(12(18)21-4)9(7-11(10)17)13(19)22-5/h6-7,17H,1-5H3,(H,16,20). The molecule has 1 rings (SSSR count). The van der Waals surface area contributed by atoms with Gasteiger partial charge in [0.15, 0.2) is 0 Å². The molecule has 0 saturated heterocycles. The number of aromatic hydroxyl groups is 1. The summed E-state index contributed by atoms with van der Waals surface area (Å²) in [5.41, 5.74) is -1.20. The lowest BCUT2D eigenvalue weighted by Gasteiger charge is -2.20. The van der Waals surface area contributed by atoms with Crippen molar-refractivity contribution in [2.45, 2.75) is 26.4 Å². The number of amides is 1. The monoisotopic (exact) mass is 325 g/mol. The van der Waals surface area contributed by atoms with Crippen LogP contribution in [0.1, 0.15) is 41.5 Å². The van der Waals surface area contributed by atoms with Gasteiger partial charge in [-0.15, -0.1) is 0 Å². The summed E-state index contributed by atoms with van der Waals surface area (Å²) in [6.07, 6.45) is -0.825. The molecule has 1 aromatic rings. The van der Waals surface area contributed by atoms with Gasteiger partial charge in [0.05, 0.1) is 31.0 Å². The highest BCUT2D eigenvalue weighted by Gasteiger charge is 2.23. The van der Waals surface area contributed by atoms with E-state index in [1.54, 1.807) is 20.8 Å². The topological polar surface area (TPSA) is 111 Å². The van der Waals surface area contributed by atoms with Gasteiger partial charge >= 0.3 is 18.0 Å². The zero-order valence-corrected chi connectivity index (χ0v) is 13.6. The van der Waals surface area contributed by atoms with Gasteiger partial charge in [0.2, 0.25) is 0 Å². The number of methoxy groups -OCH3 is 2. The first-order valence-corrected chi connectivity index (χ1v) is 6.62. The number of esters is 2. The Kier molecular flexibility index (Phi) is 5.56. The maximum absolute atomic E-state index is 11.8. The molecule has 8 heteroatoms. The van der Waals surface area contributed by atoms with Gasteiger partial charge in [-0.25, -0.2) is 14.4 Å². The molecule has 0 aliphatic carbocycles. The summed E-state index contributed by atoms with van der Waals surface area (Å²) in [4.78, 5) is 35.2. The minimum Gasteiger partial charge on any atom is -0.506 e. The SMILES string of the molecule is COC(=O)c1cc(O)c(NC(=O)OC(C)(C)C)cc1C(=O)OC. The van der Waals surface area contributed by atoms with Crippen molar-refractivity contribution in [3.63, 3.8) is 0 Å². The normalized spacial score (nSPS) is 10.7. The molecule has 0 atom stereocenters. The van der Waals surface area contributed by atoms with Crippen molar-refractivity contribution in [3.05, 3.63) is 23.3 Å². The molecule has 0 heterocycles. The number of benzene rings is 1. The van der Waals surface area contributed by atoms with Crippen LogP contribution in [0.5, 0.6) is 5.75 Å². The van der Waals surface area contributed by atoms with Crippen LogP contribution in [0, 0.1) is 0 Å². The Balaban J connectivity index is 3.22. The van der Waals surface area contributed by atoms with E-state index in [-0.39, 0.29) is 16.8 Å². The quantitative estimate of drug-likeness (QED) is 0.498. The highest BCUT2D eigenvalue weighted by molar-refractivity contribution is 6.05. The highest BCUT2D eigenvalue weighted by atomic mass is 16.6. The van der Waals surface area contributed by atoms with Crippen molar-refractivity contribution >= 4 is 23.7 Å². The van der Waals surface area contributed by atoms with Crippen molar-refractivity contribution in [2.75, 3.05) is 19.5 Å². The van der Waals surface area contributed by atoms with Crippen LogP contribution >= 0.6 is 0 Å². The molecule has 126 valence electrons. The summed E-state index contributed by atoms with van der Waals surface area (Å²) in [5.74, 6) is -2.08. The van der Waals surface area contributed by atoms with Crippen molar-refractivity contribution in [3.8, 4) is 5.75 Å². The maximum Gasteiger partial charge on any atom is 0.412 e. The largest absolute Gasteiger partial charge is 0.506 e. The Hall–Kier alpha value is -2.77. The minimum atomic E-state index is -0.829. The second-order valence-electron chi connectivity index (χ2n) is 5.52. The fourth-order valence-corrected chi connectivity index (χ4v) is 1.66. The Morgan fingerprint density at radius 3 is 1.91 bits per heavy atom. The zero-order valence-electron chi connectivity index (χ0n) is 13.6. The summed E-state index contributed by atoms with van der Waals surface area (Å²) in [5, 5.41) is 12.2. The van der Waals surface area contributed by atoms with Crippen LogP contribution in [0.15, 0.2) is 12.1 Å². The predicted molar refractivity (Wildman–Crippen MR) is 80.6 cm³/mol. The molecule has 0 bridgehead atoms. The van der Waals surface area contributed by atoms with Crippen molar-refractivity contribution < 1.29 is 33.7 Å². The third-order valence-electron chi connectivity index (χ3n) is 2.58. The van der Waals surface area contributed by atoms with E-state index in [9.17, 15) is 19.5 Å². The third-order valence-corrected chi connectivity index (χ3v) is 2.58. The van der Waals surface area contributed by atoms with Crippen LogP contribution < -0.4 is 5.32 Å². The van der Waals surface area contributed by atoms with Gasteiger partial charge in [0.1, 0.15) is 11.4 Å². The van der Waals surface area contributed by atoms with Crippen molar-refractivity contribution in [1.82, 2.24) is 0 Å². The van der Waals surface area contributed by atoms with Crippen molar-refractivity contribution in [2.24, 2.45) is 0 Å². The fourth-order valence-electron chi connectivity index (χ4n) is 1.66. The number of nitrogens with one attached hydrogen (secondary N) is 1. The summed E-state index contributed by atoms with van der Waals surface area (Å²) in [6, 6.07) is 2.11. The van der Waals surface area contributed by atoms with Gasteiger partial charge in [-0.05, 0) is 32.9 Å². The number of hydrogen-bond acceptors (Lipinski definition) is 7. The molecular weight excluding hydrogens is 306 g/mol. The van der Waals surface area contributed by atoms with Crippen LogP contribution in [0.3, 0.4) is 0 Å². The van der Waals surface area contributed by atoms with E-state index >= 15 is 0 Å². The summed E-state index contributed by atoms with van der Waals surface area (Å²) < 4.78 is 14.2. The molecule has 0 saturated carbocycles. The predicted octanol–water partition coefficient (Wildman–Crippen LogP) is 2.31. The molecule has 0 fully saturated rings. The molecular formula is C15H19NO7. The molecule has 8 nitrogen and oxygen atoms in total. The number of rotatable bonds is 3. The summed E-state index contributed by atoms with van der Waals surface area (Å²) >= 11 is 0. The summed E-state index contributed by atoms with van der Waals surface area (Å²) in [7, 11) is 2.27. The molecule has 1 aromatic carbocycles. The molecule has 0 radical (unpaired) electrons. The van der Waals surface area contributed by atoms with Crippen LogP contribution in [-0.4, -0.2) is 43.0 Å². The lowest BCUT2D eigenvalue weighted by Crippen LogP contribution is -2.27. The number of carbonyl (C=O) groups excluding carboxylic acids is 3. The molecule has 2 N–H and O–H groups in total. The van der Waals surface area contributed by atoms with Crippen LogP contribution in [-0.2, 0) is 14.2 Å². The molecule has 0 aliphatic rings. The minimum absolute atomic E-state index is 0.104. The van der Waals surface area contributed by atoms with Crippen LogP contribution in [0.4, 0.5) is 10.5 Å². The molecule has 0 spiro atoms. The van der Waals surface area contributed by atoms with Crippen LogP contribution in [0.25, 0.3) is 0 Å². The fraction of sp³-hybridized carbons (Fsp3) is 0.400. The number of carbonyl (C=O) groups is 3. The molecule has 0 aliphatic heterocycles. The van der Waals surface area contributed by atoms with Crippen LogP contribution in [0.2, 0.25) is 0 Å². The Labute approximate surface area is 133 Å². The molecule has 1 amide bonds. The van der Waals surface area contributed by atoms with Gasteiger partial charge in [0, 0.05) is 0 Å². The van der Waals surface area contributed by atoms with E-state index in [1.807, 2.05) is 0 Å². The van der Waals surface area contributed by atoms with Gasteiger partial charge in [0.25, 0.3) is 0 Å². The molecule has 0 aromatic heterocycles. The average molecular weight is 325 g/mol. The zero-order chi connectivity index (χ0) is 17.8. The van der Waals surface area contributed by atoms with E-state index < -0.39 is 29.4 Å². The third kappa shape index (κ3) is 4.87. The average Bonchev–Trinajstić information content (AvgIpc) is 2.45. The molecule has 0 unspecified atom stereocenters. The van der Waals surface area contributed by atoms with E-state index in [1.165, 1.54) is 0 Å². The lowest BCUT2D eigenvalue weighted by atomic mass is 10.1. The number of ether oxygens (including phenoxy) is 3. The lowest BCUT2D eigenvalue weighted by molar-refractivity contribution is 0.0555. The maximum atomic E-state index is 11.8. The number of anilines is 1. The van der Waals surface area contributed by atoms with E-state index in [0.717, 1.165) is 26.4 Å².